The number of hydrogen-bond donors (Lipinski definition) is 1. The van der Waals surface area contributed by atoms with Crippen LogP contribution < -0.4 is 5.32 Å². The van der Waals surface area contributed by atoms with E-state index in [1.54, 1.807) is 0 Å². The number of likely N-dealkylation sites (tertiary alicyclic amines) is 1. The summed E-state index contributed by atoms with van der Waals surface area (Å²) in [5.74, 6) is 0.814. The zero-order valence-corrected chi connectivity index (χ0v) is 12.6. The summed E-state index contributed by atoms with van der Waals surface area (Å²) in [6, 6.07) is 0.652. The van der Waals surface area contributed by atoms with Gasteiger partial charge in [0, 0.05) is 25.7 Å². The lowest BCUT2D eigenvalue weighted by molar-refractivity contribution is 0.0780. The molecular weight excluding hydrogens is 224 g/mol. The highest BCUT2D eigenvalue weighted by Crippen LogP contribution is 2.19. The van der Waals surface area contributed by atoms with Crippen LogP contribution in [-0.4, -0.2) is 50.3 Å². The molecule has 3 heteroatoms. The SMILES string of the molecule is CCCCOCCN1CCCC(C(C)NCC)C1. The summed E-state index contributed by atoms with van der Waals surface area (Å²) in [5.41, 5.74) is 0. The van der Waals surface area contributed by atoms with Crippen molar-refractivity contribution in [1.29, 1.82) is 0 Å². The molecule has 3 nitrogen and oxygen atoms in total. The van der Waals surface area contributed by atoms with Gasteiger partial charge in [0.15, 0.2) is 0 Å². The summed E-state index contributed by atoms with van der Waals surface area (Å²) >= 11 is 0. The lowest BCUT2D eigenvalue weighted by atomic mass is 9.91. The Morgan fingerprint density at radius 3 is 2.89 bits per heavy atom. The first-order chi connectivity index (χ1) is 8.77. The van der Waals surface area contributed by atoms with Crippen LogP contribution >= 0.6 is 0 Å². The monoisotopic (exact) mass is 256 g/mol. The molecule has 108 valence electrons. The predicted molar refractivity (Wildman–Crippen MR) is 78.0 cm³/mol. The Bertz CT molecular complexity index is 199. The van der Waals surface area contributed by atoms with Crippen molar-refractivity contribution >= 4 is 0 Å². The van der Waals surface area contributed by atoms with Gasteiger partial charge in [-0.25, -0.2) is 0 Å². The smallest absolute Gasteiger partial charge is 0.0593 e. The van der Waals surface area contributed by atoms with Crippen molar-refractivity contribution in [3.63, 3.8) is 0 Å². The summed E-state index contributed by atoms with van der Waals surface area (Å²) in [7, 11) is 0. The molecular formula is C15H32N2O. The van der Waals surface area contributed by atoms with Crippen molar-refractivity contribution in [2.75, 3.05) is 39.4 Å². The summed E-state index contributed by atoms with van der Waals surface area (Å²) in [5, 5.41) is 3.56. The molecule has 1 N–H and O–H groups in total. The topological polar surface area (TPSA) is 24.5 Å². The molecule has 18 heavy (non-hydrogen) atoms. The summed E-state index contributed by atoms with van der Waals surface area (Å²) in [4.78, 5) is 2.58. The van der Waals surface area contributed by atoms with Gasteiger partial charge in [0.1, 0.15) is 0 Å². The second-order valence-corrected chi connectivity index (χ2v) is 5.52. The first-order valence-electron chi connectivity index (χ1n) is 7.81. The van der Waals surface area contributed by atoms with Crippen molar-refractivity contribution in [3.8, 4) is 0 Å². The zero-order valence-electron chi connectivity index (χ0n) is 12.6. The van der Waals surface area contributed by atoms with Crippen molar-refractivity contribution in [3.05, 3.63) is 0 Å². The van der Waals surface area contributed by atoms with E-state index in [1.807, 2.05) is 0 Å². The summed E-state index contributed by atoms with van der Waals surface area (Å²) in [6.45, 7) is 13.3. The van der Waals surface area contributed by atoms with Crippen molar-refractivity contribution in [2.24, 2.45) is 5.92 Å². The maximum absolute atomic E-state index is 5.66. The fourth-order valence-corrected chi connectivity index (χ4v) is 2.73. The van der Waals surface area contributed by atoms with Gasteiger partial charge in [0.25, 0.3) is 0 Å². The number of nitrogens with zero attached hydrogens (tertiary/aromatic N) is 1. The minimum atomic E-state index is 0.652. The average molecular weight is 256 g/mol. The van der Waals surface area contributed by atoms with E-state index >= 15 is 0 Å². The Morgan fingerprint density at radius 2 is 2.17 bits per heavy atom. The first kappa shape index (κ1) is 15.9. The Kier molecular flexibility index (Phi) is 8.64. The molecule has 2 unspecified atom stereocenters. The molecule has 0 aromatic heterocycles. The molecule has 0 radical (unpaired) electrons. The molecule has 0 saturated carbocycles. The highest BCUT2D eigenvalue weighted by atomic mass is 16.5. The second-order valence-electron chi connectivity index (χ2n) is 5.52. The molecule has 0 aliphatic carbocycles. The molecule has 1 heterocycles. The van der Waals surface area contributed by atoms with Crippen LogP contribution in [0.3, 0.4) is 0 Å². The normalized spacial score (nSPS) is 23.2. The number of hydrogen-bond acceptors (Lipinski definition) is 3. The van der Waals surface area contributed by atoms with E-state index in [2.05, 4.69) is 31.0 Å². The molecule has 1 aliphatic heterocycles. The lowest BCUT2D eigenvalue weighted by Crippen LogP contribution is -2.45. The van der Waals surface area contributed by atoms with Crippen LogP contribution in [0.25, 0.3) is 0 Å². The molecule has 0 bridgehead atoms. The largest absolute Gasteiger partial charge is 0.380 e. The van der Waals surface area contributed by atoms with Gasteiger partial charge in [-0.2, -0.15) is 0 Å². The van der Waals surface area contributed by atoms with E-state index in [4.69, 9.17) is 4.74 Å². The van der Waals surface area contributed by atoms with Crippen LogP contribution in [0.1, 0.15) is 46.5 Å². The van der Waals surface area contributed by atoms with E-state index in [-0.39, 0.29) is 0 Å². The van der Waals surface area contributed by atoms with Crippen LogP contribution in [0.2, 0.25) is 0 Å². The minimum Gasteiger partial charge on any atom is -0.380 e. The van der Waals surface area contributed by atoms with E-state index in [9.17, 15) is 0 Å². The van der Waals surface area contributed by atoms with Gasteiger partial charge < -0.3 is 15.0 Å². The third-order valence-corrected chi connectivity index (χ3v) is 3.97. The molecule has 1 rings (SSSR count). The van der Waals surface area contributed by atoms with Gasteiger partial charge in [-0.1, -0.05) is 20.3 Å². The standard InChI is InChI=1S/C15H32N2O/c1-4-6-11-18-12-10-17-9-7-8-15(13-17)14(3)16-5-2/h14-16H,4-13H2,1-3H3. The highest BCUT2D eigenvalue weighted by molar-refractivity contribution is 4.80. The molecule has 2 atom stereocenters. The van der Waals surface area contributed by atoms with Gasteiger partial charge in [-0.05, 0) is 45.2 Å². The minimum absolute atomic E-state index is 0.652. The molecule has 0 aromatic carbocycles. The lowest BCUT2D eigenvalue weighted by Gasteiger charge is -2.36. The molecule has 0 amide bonds. The fourth-order valence-electron chi connectivity index (χ4n) is 2.73. The van der Waals surface area contributed by atoms with E-state index in [0.717, 1.165) is 32.2 Å². The quantitative estimate of drug-likeness (QED) is 0.642. The van der Waals surface area contributed by atoms with Crippen LogP contribution in [0.5, 0.6) is 0 Å². The van der Waals surface area contributed by atoms with Crippen LogP contribution in [-0.2, 0) is 4.74 Å². The van der Waals surface area contributed by atoms with Gasteiger partial charge in [0.2, 0.25) is 0 Å². The Balaban J connectivity index is 2.14. The third kappa shape index (κ3) is 6.17. The summed E-state index contributed by atoms with van der Waals surface area (Å²) in [6.07, 6.45) is 5.14. The molecule has 0 aromatic rings. The number of nitrogens with one attached hydrogen (secondary N) is 1. The van der Waals surface area contributed by atoms with Crippen LogP contribution in [0, 0.1) is 5.92 Å². The Labute approximate surface area is 113 Å². The maximum atomic E-state index is 5.66. The van der Waals surface area contributed by atoms with Crippen molar-refractivity contribution in [2.45, 2.75) is 52.5 Å². The van der Waals surface area contributed by atoms with Gasteiger partial charge in [-0.3, -0.25) is 0 Å². The number of ether oxygens (including phenoxy) is 1. The highest BCUT2D eigenvalue weighted by Gasteiger charge is 2.23. The van der Waals surface area contributed by atoms with Crippen molar-refractivity contribution < 1.29 is 4.74 Å². The van der Waals surface area contributed by atoms with E-state index in [1.165, 1.54) is 38.8 Å². The van der Waals surface area contributed by atoms with Crippen LogP contribution in [0.15, 0.2) is 0 Å². The second kappa shape index (κ2) is 9.76. The zero-order chi connectivity index (χ0) is 13.2. The number of unbranched alkanes of at least 4 members (excludes halogenated alkanes) is 1. The Morgan fingerprint density at radius 1 is 1.33 bits per heavy atom. The molecule has 1 aliphatic rings. The number of piperidine rings is 1. The average Bonchev–Trinajstić information content (AvgIpc) is 2.39. The number of rotatable bonds is 9. The summed E-state index contributed by atoms with van der Waals surface area (Å²) < 4.78 is 5.66. The van der Waals surface area contributed by atoms with Crippen LogP contribution in [0.4, 0.5) is 0 Å². The maximum Gasteiger partial charge on any atom is 0.0593 e. The van der Waals surface area contributed by atoms with E-state index < -0.39 is 0 Å². The molecule has 1 fully saturated rings. The van der Waals surface area contributed by atoms with E-state index in [0.29, 0.717) is 6.04 Å². The molecule has 1 saturated heterocycles. The first-order valence-corrected chi connectivity index (χ1v) is 7.81. The van der Waals surface area contributed by atoms with Gasteiger partial charge in [0.05, 0.1) is 6.61 Å². The third-order valence-electron chi connectivity index (χ3n) is 3.97. The Hall–Kier alpha value is -0.120. The van der Waals surface area contributed by atoms with Gasteiger partial charge in [-0.15, -0.1) is 0 Å². The van der Waals surface area contributed by atoms with Crippen molar-refractivity contribution in [1.82, 2.24) is 10.2 Å². The van der Waals surface area contributed by atoms with Gasteiger partial charge >= 0.3 is 0 Å². The molecule has 0 spiro atoms. The fraction of sp³-hybridized carbons (Fsp3) is 1.00. The predicted octanol–water partition coefficient (Wildman–Crippen LogP) is 2.51.